The van der Waals surface area contributed by atoms with Gasteiger partial charge < -0.3 is 15.3 Å². The van der Waals surface area contributed by atoms with Crippen LogP contribution in [0.25, 0.3) is 0 Å². The van der Waals surface area contributed by atoms with Gasteiger partial charge in [-0.25, -0.2) is 28.0 Å². The van der Waals surface area contributed by atoms with Crippen LogP contribution < -0.4 is 10.8 Å². The van der Waals surface area contributed by atoms with E-state index in [4.69, 9.17) is 15.3 Å². The summed E-state index contributed by atoms with van der Waals surface area (Å²) in [5.74, 6) is -0.992. The van der Waals surface area contributed by atoms with Crippen molar-refractivity contribution in [2.45, 2.75) is 75.8 Å². The van der Waals surface area contributed by atoms with E-state index in [9.17, 15) is 18.0 Å². The molecule has 0 saturated carbocycles. The maximum atomic E-state index is 14.0. The van der Waals surface area contributed by atoms with Gasteiger partial charge in [0.05, 0.1) is 5.69 Å². The van der Waals surface area contributed by atoms with Crippen molar-refractivity contribution in [3.8, 4) is 0 Å². The van der Waals surface area contributed by atoms with Crippen molar-refractivity contribution >= 4 is 27.7 Å². The van der Waals surface area contributed by atoms with Crippen LogP contribution in [0.2, 0.25) is 0 Å². The third-order valence-electron chi connectivity index (χ3n) is 5.83. The number of carbonyl (C=O) groups is 2. The van der Waals surface area contributed by atoms with Crippen LogP contribution in [0.4, 0.5) is 10.6 Å². The molecule has 1 unspecified atom stereocenters. The molecular weight excluding hydrogens is 532 g/mol. The Bertz CT molecular complexity index is 1460. The number of ether oxygens (including phenoxy) is 1. The molecule has 3 aromatic rings. The highest BCUT2D eigenvalue weighted by atomic mass is 32.2. The molecule has 11 heteroatoms. The zero-order valence-corrected chi connectivity index (χ0v) is 24.7. The molecule has 3 rings (SSSR count). The Morgan fingerprint density at radius 3 is 2.10 bits per heavy atom. The summed E-state index contributed by atoms with van der Waals surface area (Å²) in [7, 11) is -4.34. The third-order valence-corrected chi connectivity index (χ3v) is 7.94. The highest BCUT2D eigenvalue weighted by molar-refractivity contribution is 7.92. The van der Waals surface area contributed by atoms with E-state index in [1.165, 1.54) is 30.5 Å². The van der Waals surface area contributed by atoms with Crippen LogP contribution in [0.5, 0.6) is 0 Å². The number of nitrogens with two attached hydrogens (primary N) is 1. The number of hydrogen-bond acceptors (Lipinski definition) is 9. The van der Waals surface area contributed by atoms with E-state index in [1.807, 2.05) is 24.3 Å². The van der Waals surface area contributed by atoms with Crippen molar-refractivity contribution in [2.24, 2.45) is 5.73 Å². The van der Waals surface area contributed by atoms with E-state index in [1.54, 1.807) is 32.9 Å². The monoisotopic (exact) mass is 568 g/mol. The van der Waals surface area contributed by atoms with Gasteiger partial charge in [0.1, 0.15) is 5.60 Å². The fourth-order valence-electron chi connectivity index (χ4n) is 3.82. The lowest BCUT2D eigenvalue weighted by Crippen LogP contribution is -2.48. The van der Waals surface area contributed by atoms with Gasteiger partial charge >= 0.3 is 12.1 Å². The van der Waals surface area contributed by atoms with Crippen molar-refractivity contribution in [3.05, 3.63) is 83.7 Å². The molecule has 2 N–H and O–H groups in total. The van der Waals surface area contributed by atoms with E-state index >= 15 is 0 Å². The van der Waals surface area contributed by atoms with Crippen LogP contribution in [-0.4, -0.2) is 36.0 Å². The quantitative estimate of drug-likeness (QED) is 0.414. The van der Waals surface area contributed by atoms with Crippen molar-refractivity contribution in [1.29, 1.82) is 0 Å². The van der Waals surface area contributed by atoms with Gasteiger partial charge in [0, 0.05) is 19.5 Å². The first kappa shape index (κ1) is 30.7. The molecule has 0 aliphatic carbocycles. The molecule has 2 aromatic heterocycles. The van der Waals surface area contributed by atoms with Gasteiger partial charge in [0.2, 0.25) is 9.84 Å². The number of anilines is 1. The van der Waals surface area contributed by atoms with Crippen molar-refractivity contribution in [1.82, 2.24) is 9.97 Å². The van der Waals surface area contributed by atoms with E-state index < -0.39 is 32.4 Å². The first-order chi connectivity index (χ1) is 18.4. The van der Waals surface area contributed by atoms with Gasteiger partial charge in [-0.15, -0.1) is 0 Å². The smallest absolute Gasteiger partial charge is 0.441 e. The molecule has 1 atom stereocenters. The Morgan fingerprint density at radius 2 is 1.57 bits per heavy atom. The average molecular weight is 569 g/mol. The average Bonchev–Trinajstić information content (AvgIpc) is 2.86. The first-order valence-electron chi connectivity index (χ1n) is 12.7. The number of pyridine rings is 2. The Hall–Kier alpha value is -3.83. The molecule has 0 bridgehead atoms. The normalized spacial score (nSPS) is 13.7. The molecule has 10 nitrogen and oxygen atoms in total. The van der Waals surface area contributed by atoms with Gasteiger partial charge in [-0.3, -0.25) is 0 Å². The second-order valence-corrected chi connectivity index (χ2v) is 13.6. The van der Waals surface area contributed by atoms with Gasteiger partial charge in [-0.2, -0.15) is 0 Å². The number of sulfone groups is 1. The van der Waals surface area contributed by atoms with Crippen molar-refractivity contribution in [2.75, 3.05) is 5.06 Å². The predicted molar refractivity (Wildman–Crippen MR) is 151 cm³/mol. The molecule has 0 radical (unpaired) electrons. The van der Waals surface area contributed by atoms with Crippen molar-refractivity contribution < 1.29 is 27.6 Å². The van der Waals surface area contributed by atoms with Gasteiger partial charge in [-0.05, 0) is 61.6 Å². The van der Waals surface area contributed by atoms with E-state index in [0.29, 0.717) is 10.6 Å². The summed E-state index contributed by atoms with van der Waals surface area (Å²) in [5, 5.41) is 0.336. The molecule has 40 heavy (non-hydrogen) atoms. The maximum Gasteiger partial charge on any atom is 0.450 e. The van der Waals surface area contributed by atoms with Crippen LogP contribution in [0.1, 0.15) is 65.3 Å². The summed E-state index contributed by atoms with van der Waals surface area (Å²) in [6.07, 6.45) is 0.188. The Balaban J connectivity index is 2.17. The summed E-state index contributed by atoms with van der Waals surface area (Å²) in [4.78, 5) is 36.2. The highest BCUT2D eigenvalue weighted by Crippen LogP contribution is 2.34. The van der Waals surface area contributed by atoms with Gasteiger partial charge in [-0.1, -0.05) is 62.2 Å². The SMILES string of the molecule is CC(=O)ON(C(=O)OC(C)(C)C)c1cccc(C(N)(Cc2ccc(C(C)(C)C)cc2)S(=O)(=O)c2ccccn2)n1. The molecule has 214 valence electrons. The molecule has 0 aliphatic rings. The number of aromatic nitrogens is 2. The standard InChI is InChI=1S/C29H36N4O6S/c1-20(34)39-33(26(35)38-28(5,6)7)24-12-10-11-23(32-24)29(30,40(36,37)25-13-8-9-18-31-25)19-21-14-16-22(17-15-21)27(2,3)4/h8-18H,19,30H2,1-7H3. The number of nitrogens with zero attached hydrogens (tertiary/aromatic N) is 3. The lowest BCUT2D eigenvalue weighted by Gasteiger charge is -2.30. The minimum atomic E-state index is -4.34. The molecule has 1 aromatic carbocycles. The minimum absolute atomic E-state index is 0.0868. The van der Waals surface area contributed by atoms with Crippen LogP contribution in [0.15, 0.2) is 71.9 Å². The van der Waals surface area contributed by atoms with Crippen LogP contribution in [0, 0.1) is 0 Å². The summed E-state index contributed by atoms with van der Waals surface area (Å²) in [6.45, 7) is 12.3. The molecule has 2 heterocycles. The number of hydrogen-bond donors (Lipinski definition) is 1. The summed E-state index contributed by atoms with van der Waals surface area (Å²) in [6, 6.07) is 16.3. The fraction of sp³-hybridized carbons (Fsp3) is 0.379. The maximum absolute atomic E-state index is 14.0. The largest absolute Gasteiger partial charge is 0.450 e. The second-order valence-electron chi connectivity index (χ2n) is 11.4. The third kappa shape index (κ3) is 7.02. The van der Waals surface area contributed by atoms with Crippen LogP contribution in [-0.2, 0) is 40.9 Å². The minimum Gasteiger partial charge on any atom is -0.441 e. The number of benzene rings is 1. The number of hydroxylamine groups is 1. The van der Waals surface area contributed by atoms with E-state index in [-0.39, 0.29) is 28.4 Å². The number of amides is 1. The second kappa shape index (κ2) is 11.3. The topological polar surface area (TPSA) is 142 Å². The van der Waals surface area contributed by atoms with Crippen LogP contribution >= 0.6 is 0 Å². The number of carbonyl (C=O) groups excluding carboxylic acids is 2. The first-order valence-corrected chi connectivity index (χ1v) is 14.2. The molecule has 0 fully saturated rings. The lowest BCUT2D eigenvalue weighted by molar-refractivity contribution is -0.142. The zero-order valence-electron chi connectivity index (χ0n) is 23.8. The Morgan fingerprint density at radius 1 is 0.925 bits per heavy atom. The zero-order chi connectivity index (χ0) is 29.9. The summed E-state index contributed by atoms with van der Waals surface area (Å²) < 4.78 is 33.5. The Kier molecular flexibility index (Phi) is 8.71. The Labute approximate surface area is 235 Å². The highest BCUT2D eigenvalue weighted by Gasteiger charge is 2.46. The molecule has 0 aliphatic heterocycles. The molecular formula is C29H36N4O6S. The molecule has 1 amide bonds. The molecule has 0 spiro atoms. The summed E-state index contributed by atoms with van der Waals surface area (Å²) >= 11 is 0. The van der Waals surface area contributed by atoms with E-state index in [2.05, 4.69) is 30.7 Å². The van der Waals surface area contributed by atoms with Gasteiger partial charge in [0.15, 0.2) is 15.7 Å². The predicted octanol–water partition coefficient (Wildman–Crippen LogP) is 4.82. The molecule has 0 saturated heterocycles. The lowest BCUT2D eigenvalue weighted by atomic mass is 9.86. The summed E-state index contributed by atoms with van der Waals surface area (Å²) in [5.41, 5.74) is 7.42. The van der Waals surface area contributed by atoms with E-state index in [0.717, 1.165) is 12.5 Å². The number of rotatable bonds is 6. The fourth-order valence-corrected chi connectivity index (χ4v) is 5.40. The van der Waals surface area contributed by atoms with Crippen LogP contribution in [0.3, 0.4) is 0 Å². The van der Waals surface area contributed by atoms with Crippen molar-refractivity contribution in [3.63, 3.8) is 0 Å². The van der Waals surface area contributed by atoms with Gasteiger partial charge in [0.25, 0.3) is 0 Å².